The summed E-state index contributed by atoms with van der Waals surface area (Å²) >= 11 is 3.34. The second kappa shape index (κ2) is 8.95. The van der Waals surface area contributed by atoms with Crippen molar-refractivity contribution in [2.45, 2.75) is 11.8 Å². The predicted octanol–water partition coefficient (Wildman–Crippen LogP) is 3.96. The third-order valence-corrected chi connectivity index (χ3v) is 9.52. The Morgan fingerprint density at radius 3 is 2.53 bits per heavy atom. The molecule has 1 aromatic heterocycles. The number of thiophene rings is 1. The number of ether oxygens (including phenoxy) is 1. The number of aliphatic imine (C=N–C) groups is 1. The highest BCUT2D eigenvalue weighted by molar-refractivity contribution is 8.14. The molecular weight excluding hydrogens is 464 g/mol. The zero-order valence-corrected chi connectivity index (χ0v) is 19.9. The summed E-state index contributed by atoms with van der Waals surface area (Å²) in [5.74, 6) is 0.725. The summed E-state index contributed by atoms with van der Waals surface area (Å²) in [6.45, 7) is 3.76. The zero-order valence-electron chi connectivity index (χ0n) is 17.4. The van der Waals surface area contributed by atoms with Gasteiger partial charge in [-0.25, -0.2) is 13.4 Å². The molecule has 1 N–H and O–H groups in total. The summed E-state index contributed by atoms with van der Waals surface area (Å²) in [7, 11) is -3.50. The average Bonchev–Trinajstić information content (AvgIpc) is 3.17. The van der Waals surface area contributed by atoms with E-state index >= 15 is 0 Å². The molecule has 3 aromatic rings. The van der Waals surface area contributed by atoms with E-state index in [-0.39, 0.29) is 4.90 Å². The van der Waals surface area contributed by atoms with E-state index in [1.807, 2.05) is 0 Å². The molecule has 0 amide bonds. The molecule has 2 aliphatic heterocycles. The average molecular weight is 487 g/mol. The first-order chi connectivity index (χ1) is 15.5. The molecule has 0 saturated carbocycles. The molecule has 7 nitrogen and oxygen atoms in total. The van der Waals surface area contributed by atoms with Crippen LogP contribution in [0.1, 0.15) is 10.4 Å². The number of aryl methyl sites for hydroxylation is 1. The van der Waals surface area contributed by atoms with Crippen molar-refractivity contribution < 1.29 is 13.2 Å². The minimum atomic E-state index is -3.50. The molecule has 0 unspecified atom stereocenters. The number of hydrogen-bond acceptors (Lipinski definition) is 7. The third kappa shape index (κ3) is 4.20. The van der Waals surface area contributed by atoms with Crippen LogP contribution in [0.4, 0.5) is 5.69 Å². The number of amidine groups is 1. The van der Waals surface area contributed by atoms with Gasteiger partial charge in [-0.15, -0.1) is 11.3 Å². The summed E-state index contributed by atoms with van der Waals surface area (Å²) in [6.07, 6.45) is 0. The van der Waals surface area contributed by atoms with E-state index in [0.717, 1.165) is 11.5 Å². The molecule has 10 heteroatoms. The molecule has 2 aliphatic rings. The van der Waals surface area contributed by atoms with Crippen molar-refractivity contribution in [3.63, 3.8) is 0 Å². The van der Waals surface area contributed by atoms with Gasteiger partial charge in [0, 0.05) is 23.5 Å². The molecule has 0 radical (unpaired) electrons. The fourth-order valence-electron chi connectivity index (χ4n) is 3.69. The number of morpholine rings is 1. The number of hydrazone groups is 1. The van der Waals surface area contributed by atoms with Crippen LogP contribution in [0.3, 0.4) is 0 Å². The maximum absolute atomic E-state index is 12.8. The lowest BCUT2D eigenvalue weighted by Gasteiger charge is -2.26. The van der Waals surface area contributed by atoms with Crippen LogP contribution in [0.5, 0.6) is 0 Å². The van der Waals surface area contributed by atoms with Gasteiger partial charge in [-0.05, 0) is 48.2 Å². The molecule has 1 saturated heterocycles. The lowest BCUT2D eigenvalue weighted by molar-refractivity contribution is 0.0730. The van der Waals surface area contributed by atoms with E-state index in [0.29, 0.717) is 37.2 Å². The van der Waals surface area contributed by atoms with Crippen molar-refractivity contribution in [3.8, 4) is 0 Å². The molecule has 0 atom stereocenters. The summed E-state index contributed by atoms with van der Waals surface area (Å²) in [5, 5.41) is 6.52. The van der Waals surface area contributed by atoms with E-state index in [1.165, 1.54) is 24.8 Å². The molecule has 32 heavy (non-hydrogen) atoms. The number of hydrogen-bond donors (Lipinski definition) is 1. The van der Waals surface area contributed by atoms with Gasteiger partial charge < -0.3 is 4.74 Å². The highest BCUT2D eigenvalue weighted by Gasteiger charge is 2.26. The van der Waals surface area contributed by atoms with Crippen LogP contribution in [0.2, 0.25) is 0 Å². The summed E-state index contributed by atoms with van der Waals surface area (Å²) < 4.78 is 33.5. The fraction of sp³-hybridized carbons (Fsp3) is 0.273. The first kappa shape index (κ1) is 21.6. The van der Waals surface area contributed by atoms with Gasteiger partial charge in [-0.1, -0.05) is 30.0 Å². The van der Waals surface area contributed by atoms with Gasteiger partial charge in [-0.3, -0.25) is 5.43 Å². The van der Waals surface area contributed by atoms with Crippen LogP contribution in [-0.2, 0) is 14.8 Å². The van der Waals surface area contributed by atoms with Crippen molar-refractivity contribution >= 4 is 59.8 Å². The smallest absolute Gasteiger partial charge is 0.243 e. The minimum absolute atomic E-state index is 0.271. The second-order valence-corrected chi connectivity index (χ2v) is 11.4. The Labute approximate surface area is 195 Å². The predicted molar refractivity (Wildman–Crippen MR) is 132 cm³/mol. The van der Waals surface area contributed by atoms with Crippen LogP contribution < -0.4 is 5.43 Å². The largest absolute Gasteiger partial charge is 0.379 e. The molecule has 0 aliphatic carbocycles. The Hall–Kier alpha value is -2.24. The molecule has 5 rings (SSSR count). The van der Waals surface area contributed by atoms with Gasteiger partial charge in [0.05, 0.1) is 34.4 Å². The van der Waals surface area contributed by atoms with Crippen LogP contribution in [-0.4, -0.2) is 55.7 Å². The van der Waals surface area contributed by atoms with Crippen molar-refractivity contribution in [1.29, 1.82) is 0 Å². The fourth-order valence-corrected chi connectivity index (χ4v) is 7.14. The number of rotatable bonds is 4. The highest BCUT2D eigenvalue weighted by Crippen LogP contribution is 2.32. The summed E-state index contributed by atoms with van der Waals surface area (Å²) in [5.41, 5.74) is 6.00. The normalized spacial score (nSPS) is 19.2. The van der Waals surface area contributed by atoms with Crippen LogP contribution in [0.25, 0.3) is 10.1 Å². The van der Waals surface area contributed by atoms with Crippen LogP contribution >= 0.6 is 23.1 Å². The Morgan fingerprint density at radius 1 is 1.09 bits per heavy atom. The van der Waals surface area contributed by atoms with Crippen LogP contribution in [0.15, 0.2) is 63.5 Å². The molecular formula is C22H22N4O3S3. The standard InChI is InChI=1S/C22H22N4O3S3/c1-15-18-4-2-3-5-20(18)31-21(15)19-14-30-22(25-24-19)23-16-6-8-17(9-7-16)32(27,28)26-10-12-29-13-11-26/h2-9H,10-14H2,1H3,(H,23,25). The van der Waals surface area contributed by atoms with E-state index in [4.69, 9.17) is 4.74 Å². The Balaban J connectivity index is 1.31. The molecule has 2 aromatic carbocycles. The number of sulfonamides is 1. The SMILES string of the molecule is Cc1c(C2=NNC(=Nc3ccc(S(=O)(=O)N4CCOCC4)cc3)SC2)sc2ccccc12. The second-order valence-electron chi connectivity index (χ2n) is 7.44. The van der Waals surface area contributed by atoms with Gasteiger partial charge in [0.1, 0.15) is 0 Å². The minimum Gasteiger partial charge on any atom is -0.379 e. The molecule has 166 valence electrons. The Kier molecular flexibility index (Phi) is 6.04. The highest BCUT2D eigenvalue weighted by atomic mass is 32.2. The number of thioether (sulfide) groups is 1. The Bertz CT molecular complexity index is 1310. The van der Waals surface area contributed by atoms with E-state index in [9.17, 15) is 8.42 Å². The van der Waals surface area contributed by atoms with Crippen molar-refractivity contribution in [3.05, 3.63) is 59.0 Å². The molecule has 1 fully saturated rings. The monoisotopic (exact) mass is 486 g/mol. The molecule has 3 heterocycles. The lowest BCUT2D eigenvalue weighted by Crippen LogP contribution is -2.40. The number of benzene rings is 2. The van der Waals surface area contributed by atoms with Gasteiger partial charge in [0.2, 0.25) is 10.0 Å². The first-order valence-corrected chi connectivity index (χ1v) is 13.5. The number of nitrogens with one attached hydrogen (secondary N) is 1. The van der Waals surface area contributed by atoms with Crippen molar-refractivity contribution in [2.24, 2.45) is 10.1 Å². The summed E-state index contributed by atoms with van der Waals surface area (Å²) in [4.78, 5) is 6.05. The van der Waals surface area contributed by atoms with Gasteiger partial charge in [0.25, 0.3) is 0 Å². The maximum atomic E-state index is 12.8. The topological polar surface area (TPSA) is 83.4 Å². The van der Waals surface area contributed by atoms with E-state index in [1.54, 1.807) is 47.4 Å². The lowest BCUT2D eigenvalue weighted by atomic mass is 10.1. The van der Waals surface area contributed by atoms with E-state index < -0.39 is 10.0 Å². The maximum Gasteiger partial charge on any atom is 0.243 e. The Morgan fingerprint density at radius 2 is 1.84 bits per heavy atom. The molecule has 0 bridgehead atoms. The molecule has 0 spiro atoms. The van der Waals surface area contributed by atoms with Gasteiger partial charge in [-0.2, -0.15) is 9.41 Å². The van der Waals surface area contributed by atoms with E-state index in [2.05, 4.69) is 46.7 Å². The van der Waals surface area contributed by atoms with Crippen molar-refractivity contribution in [2.75, 3.05) is 32.1 Å². The first-order valence-electron chi connectivity index (χ1n) is 10.2. The quantitative estimate of drug-likeness (QED) is 0.604. The zero-order chi connectivity index (χ0) is 22.1. The number of fused-ring (bicyclic) bond motifs is 1. The third-order valence-electron chi connectivity index (χ3n) is 5.41. The van der Waals surface area contributed by atoms with Gasteiger partial charge in [0.15, 0.2) is 5.17 Å². The number of nitrogens with zero attached hydrogens (tertiary/aromatic N) is 3. The summed E-state index contributed by atoms with van der Waals surface area (Å²) in [6, 6.07) is 15.0. The van der Waals surface area contributed by atoms with Crippen LogP contribution in [0, 0.1) is 6.92 Å². The van der Waals surface area contributed by atoms with Gasteiger partial charge >= 0.3 is 0 Å². The van der Waals surface area contributed by atoms with Crippen molar-refractivity contribution in [1.82, 2.24) is 9.73 Å².